The molecule has 0 aliphatic heterocycles. The molecule has 1 rings (SSSR count). The Balaban J connectivity index is 2.62. The third-order valence-electron chi connectivity index (χ3n) is 1.94. The lowest BCUT2D eigenvalue weighted by Crippen LogP contribution is -2.33. The number of hydrogen-bond donors (Lipinski definition) is 0. The Morgan fingerprint density at radius 1 is 1.53 bits per heavy atom. The van der Waals surface area contributed by atoms with Gasteiger partial charge in [0, 0.05) is 5.56 Å². The molecule has 0 saturated heterocycles. The highest BCUT2D eigenvalue weighted by molar-refractivity contribution is 14.1. The summed E-state index contributed by atoms with van der Waals surface area (Å²) >= 11 is 1.94. The van der Waals surface area contributed by atoms with Gasteiger partial charge in [0.15, 0.2) is 4.11 Å². The summed E-state index contributed by atoms with van der Waals surface area (Å²) in [7, 11) is 1.41. The molecule has 17 heavy (non-hydrogen) atoms. The van der Waals surface area contributed by atoms with E-state index in [-0.39, 0.29) is 12.6 Å². The quantitative estimate of drug-likeness (QED) is 0.270. The van der Waals surface area contributed by atoms with E-state index >= 15 is 0 Å². The Hall–Kier alpha value is -1.10. The van der Waals surface area contributed by atoms with E-state index < -0.39 is 4.11 Å². The van der Waals surface area contributed by atoms with Crippen LogP contribution in [0.5, 0.6) is 0 Å². The Bertz CT molecular complexity index is 402. The Morgan fingerprint density at radius 3 is 2.71 bits per heavy atom. The number of hydrogen-bond acceptors (Lipinski definition) is 3. The van der Waals surface area contributed by atoms with Gasteiger partial charge in [0.1, 0.15) is 6.73 Å². The number of rotatable bonds is 5. The summed E-state index contributed by atoms with van der Waals surface area (Å²) in [6.07, 6.45) is 5.16. The van der Waals surface area contributed by atoms with Gasteiger partial charge in [0.25, 0.3) is 5.91 Å². The Labute approximate surface area is 114 Å². The van der Waals surface area contributed by atoms with Crippen molar-refractivity contribution in [2.24, 2.45) is 0 Å². The van der Waals surface area contributed by atoms with Gasteiger partial charge in [-0.25, -0.2) is 0 Å². The zero-order valence-electron chi connectivity index (χ0n) is 9.30. The second-order valence-corrected chi connectivity index (χ2v) is 4.14. The number of terminal acetylenes is 1. The number of hydroxylamine groups is 2. The van der Waals surface area contributed by atoms with Crippen molar-refractivity contribution >= 4 is 28.5 Å². The first-order valence-electron chi connectivity index (χ1n) is 4.82. The largest absolute Gasteiger partial charge is 0.333 e. The summed E-state index contributed by atoms with van der Waals surface area (Å²) in [5.74, 6) is 2.12. The van der Waals surface area contributed by atoms with Crippen LogP contribution in [0.25, 0.3) is 0 Å². The number of benzene rings is 1. The third kappa shape index (κ3) is 4.34. The molecule has 0 spiro atoms. The molecule has 1 amide bonds. The fourth-order valence-corrected chi connectivity index (χ4v) is 1.26. The van der Waals surface area contributed by atoms with Gasteiger partial charge >= 0.3 is 0 Å². The van der Waals surface area contributed by atoms with E-state index in [1.165, 1.54) is 7.11 Å². The van der Waals surface area contributed by atoms with Crippen molar-refractivity contribution < 1.29 is 14.4 Å². The summed E-state index contributed by atoms with van der Waals surface area (Å²) in [6, 6.07) is 8.81. The SMILES string of the molecule is C#CC(I)OCN(OC)C(=O)c1ccccc1. The Morgan fingerprint density at radius 2 is 2.18 bits per heavy atom. The number of carbonyl (C=O) groups is 1. The molecular formula is C12H12INO3. The highest BCUT2D eigenvalue weighted by Crippen LogP contribution is 2.07. The van der Waals surface area contributed by atoms with Gasteiger partial charge in [-0.05, 0) is 34.7 Å². The van der Waals surface area contributed by atoms with E-state index in [0.717, 1.165) is 5.06 Å². The standard InChI is InChI=1S/C12H12INO3/c1-3-11(13)17-9-14(16-2)12(15)10-7-5-4-6-8-10/h1,4-8,11H,9H2,2H3. The molecule has 0 radical (unpaired) electrons. The van der Waals surface area contributed by atoms with Crippen LogP contribution in [0.4, 0.5) is 0 Å². The Kier molecular flexibility index (Phi) is 5.97. The average molecular weight is 345 g/mol. The zero-order chi connectivity index (χ0) is 12.7. The maximum Gasteiger partial charge on any atom is 0.279 e. The number of halogens is 1. The molecule has 90 valence electrons. The highest BCUT2D eigenvalue weighted by Gasteiger charge is 2.16. The first kappa shape index (κ1) is 14.0. The smallest absolute Gasteiger partial charge is 0.279 e. The number of carbonyl (C=O) groups excluding carboxylic acids is 1. The number of nitrogens with zero attached hydrogens (tertiary/aromatic N) is 1. The van der Waals surface area contributed by atoms with E-state index in [2.05, 4.69) is 5.92 Å². The van der Waals surface area contributed by atoms with Gasteiger partial charge in [0.05, 0.1) is 7.11 Å². The van der Waals surface area contributed by atoms with Crippen LogP contribution in [0, 0.1) is 12.3 Å². The van der Waals surface area contributed by atoms with Crippen LogP contribution in [0.15, 0.2) is 30.3 Å². The minimum absolute atomic E-state index is 0.0119. The molecule has 4 nitrogen and oxygen atoms in total. The summed E-state index contributed by atoms with van der Waals surface area (Å²) < 4.78 is 4.82. The molecule has 1 aromatic carbocycles. The highest BCUT2D eigenvalue weighted by atomic mass is 127. The predicted molar refractivity (Wildman–Crippen MR) is 72.2 cm³/mol. The topological polar surface area (TPSA) is 38.8 Å². The fourth-order valence-electron chi connectivity index (χ4n) is 1.10. The van der Waals surface area contributed by atoms with E-state index in [4.69, 9.17) is 16.0 Å². The minimum atomic E-state index is -0.395. The molecule has 1 atom stereocenters. The van der Waals surface area contributed by atoms with Crippen molar-refractivity contribution in [2.75, 3.05) is 13.8 Å². The second kappa shape index (κ2) is 7.27. The normalized spacial score (nSPS) is 11.6. The van der Waals surface area contributed by atoms with Crippen molar-refractivity contribution in [3.63, 3.8) is 0 Å². The molecule has 0 aromatic heterocycles. The van der Waals surface area contributed by atoms with Gasteiger partial charge in [-0.3, -0.25) is 9.63 Å². The number of alkyl halides is 1. The minimum Gasteiger partial charge on any atom is -0.333 e. The van der Waals surface area contributed by atoms with Crippen LogP contribution in [-0.2, 0) is 9.57 Å². The van der Waals surface area contributed by atoms with E-state index in [1.807, 2.05) is 28.7 Å². The summed E-state index contributed by atoms with van der Waals surface area (Å²) in [6.45, 7) is -0.0119. The van der Waals surface area contributed by atoms with Gasteiger partial charge in [-0.1, -0.05) is 24.1 Å². The van der Waals surface area contributed by atoms with Crippen molar-refractivity contribution in [1.82, 2.24) is 5.06 Å². The summed E-state index contributed by atoms with van der Waals surface area (Å²) in [4.78, 5) is 16.9. The van der Waals surface area contributed by atoms with E-state index in [9.17, 15) is 4.79 Å². The summed E-state index contributed by atoms with van der Waals surface area (Å²) in [5.41, 5.74) is 0.531. The fraction of sp³-hybridized carbons (Fsp3) is 0.250. The molecule has 0 aliphatic rings. The molecule has 0 heterocycles. The van der Waals surface area contributed by atoms with Gasteiger partial charge in [-0.15, -0.1) is 6.42 Å². The average Bonchev–Trinajstić information content (AvgIpc) is 2.39. The molecule has 0 bridgehead atoms. The van der Waals surface area contributed by atoms with Crippen molar-refractivity contribution in [3.8, 4) is 12.3 Å². The molecule has 5 heteroatoms. The number of ether oxygens (including phenoxy) is 1. The molecule has 0 N–H and O–H groups in total. The summed E-state index contributed by atoms with van der Waals surface area (Å²) in [5, 5.41) is 1.11. The van der Waals surface area contributed by atoms with E-state index in [0.29, 0.717) is 5.56 Å². The maximum atomic E-state index is 11.9. The first-order valence-corrected chi connectivity index (χ1v) is 6.06. The lowest BCUT2D eigenvalue weighted by molar-refractivity contribution is -0.150. The van der Waals surface area contributed by atoms with Crippen molar-refractivity contribution in [2.45, 2.75) is 4.11 Å². The van der Waals surface area contributed by atoms with Crippen LogP contribution in [-0.4, -0.2) is 28.9 Å². The van der Waals surface area contributed by atoms with Gasteiger partial charge in [-0.2, -0.15) is 5.06 Å². The lowest BCUT2D eigenvalue weighted by Gasteiger charge is -2.20. The first-order chi connectivity index (χ1) is 8.19. The third-order valence-corrected chi connectivity index (χ3v) is 2.66. The zero-order valence-corrected chi connectivity index (χ0v) is 11.5. The molecule has 1 unspecified atom stereocenters. The van der Waals surface area contributed by atoms with Crippen LogP contribution in [0.3, 0.4) is 0 Å². The maximum absolute atomic E-state index is 11.9. The molecular weight excluding hydrogens is 333 g/mol. The lowest BCUT2D eigenvalue weighted by atomic mass is 10.2. The van der Waals surface area contributed by atoms with Crippen LogP contribution < -0.4 is 0 Å². The van der Waals surface area contributed by atoms with E-state index in [1.54, 1.807) is 24.3 Å². The van der Waals surface area contributed by atoms with Gasteiger partial charge < -0.3 is 4.74 Å². The van der Waals surface area contributed by atoms with Crippen LogP contribution >= 0.6 is 22.6 Å². The molecule has 0 fully saturated rings. The van der Waals surface area contributed by atoms with Crippen LogP contribution in [0.2, 0.25) is 0 Å². The molecule has 0 saturated carbocycles. The number of amides is 1. The van der Waals surface area contributed by atoms with Crippen LogP contribution in [0.1, 0.15) is 10.4 Å². The van der Waals surface area contributed by atoms with Gasteiger partial charge in [0.2, 0.25) is 0 Å². The van der Waals surface area contributed by atoms with Crippen molar-refractivity contribution in [1.29, 1.82) is 0 Å². The monoisotopic (exact) mass is 345 g/mol. The predicted octanol–water partition coefficient (Wildman–Crippen LogP) is 2.06. The van der Waals surface area contributed by atoms with Crippen molar-refractivity contribution in [3.05, 3.63) is 35.9 Å². The molecule has 0 aliphatic carbocycles. The second-order valence-electron chi connectivity index (χ2n) is 3.01. The molecule has 1 aromatic rings.